The molecule has 1 aliphatic carbocycles. The van der Waals surface area contributed by atoms with Gasteiger partial charge in [0, 0.05) is 15.7 Å². The molecule has 0 saturated heterocycles. The lowest BCUT2D eigenvalue weighted by molar-refractivity contribution is -0.386. The predicted molar refractivity (Wildman–Crippen MR) is 76.7 cm³/mol. The topological polar surface area (TPSA) is 78.4 Å². The van der Waals surface area contributed by atoms with Crippen molar-refractivity contribution in [2.45, 2.75) is 37.8 Å². The number of rotatable bonds is 3. The zero-order valence-corrected chi connectivity index (χ0v) is 12.0. The largest absolute Gasteiger partial charge is 0.482 e. The van der Waals surface area contributed by atoms with Crippen LogP contribution in [0.1, 0.15) is 25.7 Å². The highest BCUT2D eigenvalue weighted by molar-refractivity contribution is 14.1. The maximum atomic E-state index is 11.0. The van der Waals surface area contributed by atoms with Crippen LogP contribution >= 0.6 is 22.6 Å². The van der Waals surface area contributed by atoms with Gasteiger partial charge < -0.3 is 10.5 Å². The van der Waals surface area contributed by atoms with Gasteiger partial charge in [0.2, 0.25) is 0 Å². The van der Waals surface area contributed by atoms with Crippen molar-refractivity contribution in [2.75, 3.05) is 0 Å². The Balaban J connectivity index is 2.20. The molecule has 1 fully saturated rings. The molecule has 0 aliphatic heterocycles. The maximum Gasteiger partial charge on any atom is 0.311 e. The first-order valence-electron chi connectivity index (χ1n) is 5.94. The van der Waals surface area contributed by atoms with Gasteiger partial charge in [-0.15, -0.1) is 0 Å². The lowest BCUT2D eigenvalue weighted by Crippen LogP contribution is -2.41. The molecule has 2 atom stereocenters. The number of nitrogens with two attached hydrogens (primary N) is 1. The number of nitro groups is 1. The highest BCUT2D eigenvalue weighted by atomic mass is 127. The van der Waals surface area contributed by atoms with Gasteiger partial charge in [-0.2, -0.15) is 0 Å². The van der Waals surface area contributed by atoms with Gasteiger partial charge >= 0.3 is 5.69 Å². The van der Waals surface area contributed by atoms with E-state index in [-0.39, 0.29) is 17.8 Å². The highest BCUT2D eigenvalue weighted by Gasteiger charge is 2.26. The van der Waals surface area contributed by atoms with Crippen LogP contribution in [0.5, 0.6) is 5.75 Å². The first-order valence-corrected chi connectivity index (χ1v) is 7.02. The summed E-state index contributed by atoms with van der Waals surface area (Å²) in [5.41, 5.74) is 6.00. The summed E-state index contributed by atoms with van der Waals surface area (Å²) in [5, 5.41) is 11.0. The third-order valence-electron chi connectivity index (χ3n) is 3.15. The first-order chi connectivity index (χ1) is 8.58. The zero-order valence-electron chi connectivity index (χ0n) is 9.84. The molecule has 0 spiro atoms. The minimum Gasteiger partial charge on any atom is -0.482 e. The Kier molecular flexibility index (Phi) is 4.39. The monoisotopic (exact) mass is 362 g/mol. The van der Waals surface area contributed by atoms with E-state index in [0.29, 0.717) is 5.75 Å². The summed E-state index contributed by atoms with van der Waals surface area (Å²) in [6.07, 6.45) is 3.84. The molecule has 1 aromatic rings. The van der Waals surface area contributed by atoms with E-state index in [9.17, 15) is 10.1 Å². The summed E-state index contributed by atoms with van der Waals surface area (Å²) in [6, 6.07) is 4.94. The second-order valence-electron chi connectivity index (χ2n) is 4.47. The van der Waals surface area contributed by atoms with Crippen molar-refractivity contribution in [1.29, 1.82) is 0 Å². The van der Waals surface area contributed by atoms with Gasteiger partial charge in [0.25, 0.3) is 0 Å². The second-order valence-corrected chi connectivity index (χ2v) is 5.72. The molecule has 2 rings (SSSR count). The Morgan fingerprint density at radius 1 is 1.39 bits per heavy atom. The molecular formula is C12H15IN2O3. The average molecular weight is 362 g/mol. The van der Waals surface area contributed by atoms with Gasteiger partial charge in [-0.05, 0) is 54.0 Å². The Hall–Kier alpha value is -0.890. The third-order valence-corrected chi connectivity index (χ3v) is 3.82. The van der Waals surface area contributed by atoms with Crippen molar-refractivity contribution in [3.63, 3.8) is 0 Å². The number of hydrogen-bond acceptors (Lipinski definition) is 4. The lowest BCUT2D eigenvalue weighted by atomic mass is 9.93. The van der Waals surface area contributed by atoms with Crippen molar-refractivity contribution >= 4 is 28.3 Å². The molecule has 2 N–H and O–H groups in total. The van der Waals surface area contributed by atoms with Gasteiger partial charge in [-0.1, -0.05) is 6.42 Å². The standard InChI is InChI=1S/C12H15IN2O3/c13-8-5-6-12(10(7-8)15(16)17)18-11-4-2-1-3-9(11)14/h5-7,9,11H,1-4,14H2. The molecule has 0 amide bonds. The van der Waals surface area contributed by atoms with Crippen LogP contribution in [0.4, 0.5) is 5.69 Å². The van der Waals surface area contributed by atoms with E-state index in [1.165, 1.54) is 6.07 Å². The fraction of sp³-hybridized carbons (Fsp3) is 0.500. The molecule has 6 heteroatoms. The third kappa shape index (κ3) is 3.11. The van der Waals surface area contributed by atoms with E-state index in [1.54, 1.807) is 12.1 Å². The summed E-state index contributed by atoms with van der Waals surface area (Å²) in [5.74, 6) is 0.322. The number of hydrogen-bond donors (Lipinski definition) is 1. The van der Waals surface area contributed by atoms with Crippen LogP contribution in [-0.2, 0) is 0 Å². The Morgan fingerprint density at radius 2 is 2.11 bits per heavy atom. The van der Waals surface area contributed by atoms with Crippen LogP contribution < -0.4 is 10.5 Å². The van der Waals surface area contributed by atoms with Crippen molar-refractivity contribution in [3.8, 4) is 5.75 Å². The van der Waals surface area contributed by atoms with Gasteiger partial charge in [0.15, 0.2) is 5.75 Å². The molecule has 1 aromatic carbocycles. The lowest BCUT2D eigenvalue weighted by Gasteiger charge is -2.28. The van der Waals surface area contributed by atoms with E-state index in [2.05, 4.69) is 0 Å². The predicted octanol–water partition coefficient (Wildman–Crippen LogP) is 2.85. The van der Waals surface area contributed by atoms with Crippen molar-refractivity contribution < 1.29 is 9.66 Å². The molecule has 2 unspecified atom stereocenters. The number of nitro benzene ring substituents is 1. The first kappa shape index (κ1) is 13.5. The van der Waals surface area contributed by atoms with Crippen molar-refractivity contribution in [2.24, 2.45) is 5.73 Å². The molecule has 0 heterocycles. The van der Waals surface area contributed by atoms with E-state index < -0.39 is 4.92 Å². The smallest absolute Gasteiger partial charge is 0.311 e. The molecule has 0 radical (unpaired) electrons. The van der Waals surface area contributed by atoms with Gasteiger partial charge in [-0.25, -0.2) is 0 Å². The molecule has 18 heavy (non-hydrogen) atoms. The molecule has 5 nitrogen and oxygen atoms in total. The van der Waals surface area contributed by atoms with Crippen LogP contribution in [-0.4, -0.2) is 17.1 Å². The molecule has 0 bridgehead atoms. The summed E-state index contributed by atoms with van der Waals surface area (Å²) in [7, 11) is 0. The summed E-state index contributed by atoms with van der Waals surface area (Å²) >= 11 is 2.05. The van der Waals surface area contributed by atoms with Crippen LogP contribution in [0.15, 0.2) is 18.2 Å². The van der Waals surface area contributed by atoms with Crippen molar-refractivity contribution in [3.05, 3.63) is 31.9 Å². The van der Waals surface area contributed by atoms with E-state index in [4.69, 9.17) is 10.5 Å². The summed E-state index contributed by atoms with van der Waals surface area (Å²) in [6.45, 7) is 0. The maximum absolute atomic E-state index is 11.0. The molecule has 0 aromatic heterocycles. The molecular weight excluding hydrogens is 347 g/mol. The average Bonchev–Trinajstić information content (AvgIpc) is 2.34. The molecule has 1 aliphatic rings. The van der Waals surface area contributed by atoms with Crippen LogP contribution in [0.25, 0.3) is 0 Å². The van der Waals surface area contributed by atoms with Gasteiger partial charge in [0.05, 0.1) is 4.92 Å². The van der Waals surface area contributed by atoms with E-state index in [0.717, 1.165) is 29.3 Å². The fourth-order valence-corrected chi connectivity index (χ4v) is 2.64. The van der Waals surface area contributed by atoms with Crippen LogP contribution in [0.2, 0.25) is 0 Å². The van der Waals surface area contributed by atoms with Gasteiger partial charge in [0.1, 0.15) is 6.10 Å². The zero-order chi connectivity index (χ0) is 13.1. The fourth-order valence-electron chi connectivity index (χ4n) is 2.17. The number of ether oxygens (including phenoxy) is 1. The summed E-state index contributed by atoms with van der Waals surface area (Å²) in [4.78, 5) is 10.6. The number of nitrogens with zero attached hydrogens (tertiary/aromatic N) is 1. The Morgan fingerprint density at radius 3 is 2.78 bits per heavy atom. The van der Waals surface area contributed by atoms with Crippen molar-refractivity contribution in [1.82, 2.24) is 0 Å². The van der Waals surface area contributed by atoms with E-state index >= 15 is 0 Å². The molecule has 98 valence electrons. The minimum absolute atomic E-state index is 0.0136. The normalized spacial score (nSPS) is 23.7. The van der Waals surface area contributed by atoms with E-state index in [1.807, 2.05) is 22.6 Å². The quantitative estimate of drug-likeness (QED) is 0.510. The van der Waals surface area contributed by atoms with Crippen LogP contribution in [0.3, 0.4) is 0 Å². The molecule has 1 saturated carbocycles. The van der Waals surface area contributed by atoms with Gasteiger partial charge in [-0.3, -0.25) is 10.1 Å². The Labute approximate surface area is 119 Å². The highest BCUT2D eigenvalue weighted by Crippen LogP contribution is 2.31. The number of benzene rings is 1. The second kappa shape index (κ2) is 5.83. The number of halogens is 1. The Bertz CT molecular complexity index is 453. The van der Waals surface area contributed by atoms with Crippen LogP contribution in [0, 0.1) is 13.7 Å². The minimum atomic E-state index is -0.411. The summed E-state index contributed by atoms with van der Waals surface area (Å²) < 4.78 is 6.56. The SMILES string of the molecule is NC1CCCCC1Oc1ccc(I)cc1[N+](=O)[O-].